The van der Waals surface area contributed by atoms with Crippen molar-refractivity contribution < 1.29 is 33.3 Å². The van der Waals surface area contributed by atoms with Gasteiger partial charge in [-0.15, -0.1) is 0 Å². The predicted molar refractivity (Wildman–Crippen MR) is 100 cm³/mol. The average molecular weight is 389 g/mol. The molecule has 0 fully saturated rings. The predicted octanol–water partition coefficient (Wildman–Crippen LogP) is 2.86. The quantitative estimate of drug-likeness (QED) is 0.573. The summed E-state index contributed by atoms with van der Waals surface area (Å²) in [5.41, 5.74) is 1.56. The van der Waals surface area contributed by atoms with Gasteiger partial charge in [0.2, 0.25) is 5.78 Å². The zero-order valence-corrected chi connectivity index (χ0v) is 16.7. The molecule has 1 aromatic carbocycles. The summed E-state index contributed by atoms with van der Waals surface area (Å²) in [6.07, 6.45) is -1.09. The van der Waals surface area contributed by atoms with E-state index in [0.717, 1.165) is 0 Å². The first kappa shape index (κ1) is 21.0. The number of para-hydroxylation sites is 1. The van der Waals surface area contributed by atoms with Crippen molar-refractivity contribution >= 4 is 17.7 Å². The van der Waals surface area contributed by atoms with Crippen LogP contribution in [0.2, 0.25) is 0 Å². The fourth-order valence-electron chi connectivity index (χ4n) is 2.93. The summed E-state index contributed by atoms with van der Waals surface area (Å²) < 4.78 is 20.5. The van der Waals surface area contributed by atoms with E-state index >= 15 is 0 Å². The molecule has 0 unspecified atom stereocenters. The van der Waals surface area contributed by atoms with E-state index in [4.69, 9.17) is 18.9 Å². The molecule has 0 bridgehead atoms. The van der Waals surface area contributed by atoms with Crippen LogP contribution in [0, 0.1) is 13.8 Å². The molecule has 0 saturated heterocycles. The lowest BCUT2D eigenvalue weighted by molar-refractivity contribution is 0.0313. The van der Waals surface area contributed by atoms with Gasteiger partial charge < -0.3 is 23.9 Å². The monoisotopic (exact) mass is 389 g/mol. The number of esters is 2. The fraction of sp³-hybridized carbons (Fsp3) is 0.350. The molecule has 8 heteroatoms. The van der Waals surface area contributed by atoms with E-state index < -0.39 is 23.8 Å². The van der Waals surface area contributed by atoms with Crippen LogP contribution in [-0.2, 0) is 9.47 Å². The zero-order valence-electron chi connectivity index (χ0n) is 16.7. The number of benzene rings is 1. The Morgan fingerprint density at radius 1 is 1.00 bits per heavy atom. The molecule has 0 aliphatic rings. The highest BCUT2D eigenvalue weighted by atomic mass is 16.6. The second-order valence-electron chi connectivity index (χ2n) is 6.07. The van der Waals surface area contributed by atoms with Crippen molar-refractivity contribution in [3.8, 4) is 11.5 Å². The maximum Gasteiger partial charge on any atom is 0.342 e. The van der Waals surface area contributed by atoms with Crippen LogP contribution in [0.25, 0.3) is 0 Å². The van der Waals surface area contributed by atoms with Crippen LogP contribution in [0.4, 0.5) is 0 Å². The van der Waals surface area contributed by atoms with Gasteiger partial charge in [-0.05, 0) is 38.5 Å². The second kappa shape index (κ2) is 8.60. The molecule has 0 radical (unpaired) electrons. The fourth-order valence-corrected chi connectivity index (χ4v) is 2.93. The van der Waals surface area contributed by atoms with E-state index in [1.165, 1.54) is 34.3 Å². The Bertz CT molecular complexity index is 914. The minimum absolute atomic E-state index is 0.135. The highest BCUT2D eigenvalue weighted by Gasteiger charge is 2.28. The van der Waals surface area contributed by atoms with E-state index in [0.29, 0.717) is 22.6 Å². The molecular weight excluding hydrogens is 366 g/mol. The normalized spacial score (nSPS) is 11.5. The van der Waals surface area contributed by atoms with Crippen molar-refractivity contribution in [3.05, 3.63) is 46.3 Å². The Morgan fingerprint density at radius 3 is 2.25 bits per heavy atom. The van der Waals surface area contributed by atoms with Crippen LogP contribution in [-0.4, -0.2) is 50.1 Å². The summed E-state index contributed by atoms with van der Waals surface area (Å²) in [5.74, 6) is -1.16. The number of ketones is 1. The maximum absolute atomic E-state index is 12.8. The molecule has 0 aliphatic heterocycles. The van der Waals surface area contributed by atoms with E-state index in [-0.39, 0.29) is 17.0 Å². The Balaban J connectivity index is 2.27. The first-order valence-electron chi connectivity index (χ1n) is 8.50. The number of H-pyrrole nitrogens is 1. The number of ether oxygens (including phenoxy) is 4. The van der Waals surface area contributed by atoms with Gasteiger partial charge in [-0.1, -0.05) is 6.07 Å². The van der Waals surface area contributed by atoms with Crippen molar-refractivity contribution in [2.24, 2.45) is 0 Å². The smallest absolute Gasteiger partial charge is 0.342 e. The lowest BCUT2D eigenvalue weighted by Gasteiger charge is -2.15. The van der Waals surface area contributed by atoms with Gasteiger partial charge in [-0.3, -0.25) is 4.79 Å². The molecule has 8 nitrogen and oxygen atoms in total. The number of hydrogen-bond donors (Lipinski definition) is 1. The summed E-state index contributed by atoms with van der Waals surface area (Å²) in [5, 5.41) is 0. The second-order valence-corrected chi connectivity index (χ2v) is 6.07. The Labute approximate surface area is 162 Å². The molecule has 0 amide bonds. The van der Waals surface area contributed by atoms with Crippen molar-refractivity contribution in [3.63, 3.8) is 0 Å². The van der Waals surface area contributed by atoms with Gasteiger partial charge >= 0.3 is 11.9 Å². The van der Waals surface area contributed by atoms with Crippen LogP contribution >= 0.6 is 0 Å². The number of aryl methyl sites for hydroxylation is 1. The van der Waals surface area contributed by atoms with Crippen LogP contribution in [0.1, 0.15) is 49.4 Å². The molecule has 0 aliphatic carbocycles. The minimum atomic E-state index is -1.09. The van der Waals surface area contributed by atoms with E-state index in [2.05, 4.69) is 4.98 Å². The molecule has 1 atom stereocenters. The average Bonchev–Trinajstić information content (AvgIpc) is 2.99. The van der Waals surface area contributed by atoms with Gasteiger partial charge in [0.05, 0.1) is 32.6 Å². The molecule has 1 heterocycles. The lowest BCUT2D eigenvalue weighted by Crippen LogP contribution is -2.25. The van der Waals surface area contributed by atoms with Gasteiger partial charge in [0, 0.05) is 5.69 Å². The first-order valence-corrected chi connectivity index (χ1v) is 8.50. The number of carbonyl (C=O) groups is 3. The van der Waals surface area contributed by atoms with Crippen molar-refractivity contribution in [1.82, 2.24) is 4.98 Å². The van der Waals surface area contributed by atoms with Gasteiger partial charge in [0.15, 0.2) is 17.6 Å². The number of aromatic amines is 1. The van der Waals surface area contributed by atoms with E-state index in [9.17, 15) is 14.4 Å². The van der Waals surface area contributed by atoms with Crippen LogP contribution in [0.5, 0.6) is 11.5 Å². The largest absolute Gasteiger partial charge is 0.493 e. The lowest BCUT2D eigenvalue weighted by atomic mass is 10.1. The molecule has 1 aromatic heterocycles. The van der Waals surface area contributed by atoms with Crippen molar-refractivity contribution in [2.45, 2.75) is 26.9 Å². The number of methoxy groups -OCH3 is 3. The van der Waals surface area contributed by atoms with Crippen LogP contribution < -0.4 is 9.47 Å². The minimum Gasteiger partial charge on any atom is -0.493 e. The summed E-state index contributed by atoms with van der Waals surface area (Å²) in [7, 11) is 4.12. The number of Topliss-reactive ketones (excluding diaryl/α,β-unsaturated/α-hetero) is 1. The Hall–Kier alpha value is -3.29. The van der Waals surface area contributed by atoms with Crippen molar-refractivity contribution in [1.29, 1.82) is 0 Å². The van der Waals surface area contributed by atoms with Crippen molar-refractivity contribution in [2.75, 3.05) is 21.3 Å². The highest BCUT2D eigenvalue weighted by molar-refractivity contribution is 6.04. The van der Waals surface area contributed by atoms with E-state index in [1.807, 2.05) is 0 Å². The number of carbonyl (C=O) groups excluding carboxylic acids is 3. The molecule has 28 heavy (non-hydrogen) atoms. The maximum atomic E-state index is 12.8. The summed E-state index contributed by atoms with van der Waals surface area (Å²) >= 11 is 0. The molecule has 0 spiro atoms. The Morgan fingerprint density at radius 2 is 1.68 bits per heavy atom. The SMILES string of the molecule is COC(=O)c1c(C)[nH]c(C(=O)[C@@H](C)OC(=O)c2cccc(OC)c2OC)c1C. The molecule has 0 saturated carbocycles. The third kappa shape index (κ3) is 3.85. The third-order valence-corrected chi connectivity index (χ3v) is 4.35. The molecule has 2 rings (SSSR count). The summed E-state index contributed by atoms with van der Waals surface area (Å²) in [4.78, 5) is 40.1. The number of aromatic nitrogens is 1. The topological polar surface area (TPSA) is 104 Å². The molecule has 1 N–H and O–H groups in total. The number of hydrogen-bond acceptors (Lipinski definition) is 7. The third-order valence-electron chi connectivity index (χ3n) is 4.35. The van der Waals surface area contributed by atoms with Crippen LogP contribution in [0.3, 0.4) is 0 Å². The number of rotatable bonds is 7. The number of nitrogens with one attached hydrogen (secondary N) is 1. The summed E-state index contributed by atoms with van der Waals surface area (Å²) in [6.45, 7) is 4.75. The Kier molecular flexibility index (Phi) is 6.45. The van der Waals surface area contributed by atoms with Gasteiger partial charge in [0.25, 0.3) is 0 Å². The highest BCUT2D eigenvalue weighted by Crippen LogP contribution is 2.31. The standard InChI is InChI=1S/C20H23NO7/c1-10-15(20(24)27-6)11(2)21-16(10)17(22)12(3)28-19(23)13-8-7-9-14(25-4)18(13)26-5/h7-9,12,21H,1-6H3/t12-/m1/s1. The van der Waals surface area contributed by atoms with E-state index in [1.54, 1.807) is 26.0 Å². The molecular formula is C20H23NO7. The molecule has 2 aromatic rings. The van der Waals surface area contributed by atoms with Crippen LogP contribution in [0.15, 0.2) is 18.2 Å². The first-order chi connectivity index (χ1) is 13.3. The molecule has 150 valence electrons. The summed E-state index contributed by atoms with van der Waals surface area (Å²) in [6, 6.07) is 4.77. The van der Waals surface area contributed by atoms with Gasteiger partial charge in [-0.2, -0.15) is 0 Å². The zero-order chi connectivity index (χ0) is 21.0. The van der Waals surface area contributed by atoms with Gasteiger partial charge in [-0.25, -0.2) is 9.59 Å². The van der Waals surface area contributed by atoms with Gasteiger partial charge in [0.1, 0.15) is 5.56 Å².